The topological polar surface area (TPSA) is 63.4 Å². The van der Waals surface area contributed by atoms with Crippen molar-refractivity contribution in [1.82, 2.24) is 4.90 Å². The molecule has 0 unspecified atom stereocenters. The largest absolute Gasteiger partial charge is 0.396 e. The van der Waals surface area contributed by atoms with E-state index in [0.717, 1.165) is 31.8 Å². The fourth-order valence-electron chi connectivity index (χ4n) is 8.61. The highest BCUT2D eigenvalue weighted by Gasteiger charge is 2.60. The number of nitrogens with two attached hydrogens (primary N) is 1. The lowest BCUT2D eigenvalue weighted by atomic mass is 9.46. The van der Waals surface area contributed by atoms with Gasteiger partial charge in [0.15, 0.2) is 5.78 Å². The average molecular weight is 415 g/mol. The van der Waals surface area contributed by atoms with Gasteiger partial charge in [0.05, 0.1) is 5.70 Å². The van der Waals surface area contributed by atoms with Crippen LogP contribution in [0.25, 0.3) is 0 Å². The van der Waals surface area contributed by atoms with Crippen molar-refractivity contribution in [3.63, 3.8) is 0 Å². The Balaban J connectivity index is 1.59. The molecule has 2 N–H and O–H groups in total. The molecule has 4 aliphatic rings. The molecule has 0 heterocycles. The summed E-state index contributed by atoms with van der Waals surface area (Å²) in [5, 5.41) is 0. The third kappa shape index (κ3) is 2.99. The van der Waals surface area contributed by atoms with Gasteiger partial charge in [-0.05, 0) is 98.9 Å². The Labute approximate surface area is 183 Å². The summed E-state index contributed by atoms with van der Waals surface area (Å²) >= 11 is 0. The van der Waals surface area contributed by atoms with Crippen LogP contribution >= 0.6 is 0 Å². The van der Waals surface area contributed by atoms with E-state index in [1.165, 1.54) is 37.7 Å². The van der Waals surface area contributed by atoms with Gasteiger partial charge in [-0.25, -0.2) is 0 Å². The fraction of sp³-hybridized carbons (Fsp3) is 0.846. The summed E-state index contributed by atoms with van der Waals surface area (Å²) in [6.07, 6.45) is 8.68. The Bertz CT molecular complexity index is 754. The lowest BCUT2D eigenvalue weighted by Crippen LogP contribution is -2.52. The van der Waals surface area contributed by atoms with Crippen LogP contribution < -0.4 is 5.73 Å². The van der Waals surface area contributed by atoms with Gasteiger partial charge in [0.25, 0.3) is 0 Å². The van der Waals surface area contributed by atoms with E-state index >= 15 is 0 Å². The van der Waals surface area contributed by atoms with Gasteiger partial charge in [0, 0.05) is 25.4 Å². The summed E-state index contributed by atoms with van der Waals surface area (Å²) in [5.74, 6) is 3.23. The standard InChI is InChI=1S/C26H42N2O2/c1-6-28(7-2)24(30)16(3)18-10-11-19-17-8-9-21-23(27)22(29)13-15-26(21,5)20(17)12-14-25(18,19)4/h16-20H,6-15,27H2,1-5H3/t16-,17-,18+,19-,20-,25+,26+/m0/s1. The Kier molecular flexibility index (Phi) is 5.60. The van der Waals surface area contributed by atoms with Gasteiger partial charge in [-0.3, -0.25) is 9.59 Å². The van der Waals surface area contributed by atoms with Crippen LogP contribution in [-0.2, 0) is 9.59 Å². The molecule has 0 aliphatic heterocycles. The lowest BCUT2D eigenvalue weighted by Gasteiger charge is -2.58. The maximum Gasteiger partial charge on any atom is 0.225 e. The second kappa shape index (κ2) is 7.67. The molecule has 4 rings (SSSR count). The molecule has 0 aromatic carbocycles. The molecule has 7 atom stereocenters. The molecule has 0 radical (unpaired) electrons. The zero-order valence-electron chi connectivity index (χ0n) is 19.8. The van der Waals surface area contributed by atoms with Crippen molar-refractivity contribution >= 4 is 11.7 Å². The molecular weight excluding hydrogens is 372 g/mol. The summed E-state index contributed by atoms with van der Waals surface area (Å²) in [7, 11) is 0. The molecule has 4 aliphatic carbocycles. The number of amides is 1. The van der Waals surface area contributed by atoms with Gasteiger partial charge in [-0.1, -0.05) is 20.8 Å². The molecule has 4 heteroatoms. The van der Waals surface area contributed by atoms with Gasteiger partial charge < -0.3 is 10.6 Å². The molecular formula is C26H42N2O2. The first kappa shape index (κ1) is 21.9. The number of rotatable bonds is 4. The number of Topliss-reactive ketones (excluding diaryl/α,β-unsaturated/α-hetero) is 1. The van der Waals surface area contributed by atoms with Crippen LogP contribution in [0.2, 0.25) is 0 Å². The van der Waals surface area contributed by atoms with Gasteiger partial charge in [0.2, 0.25) is 5.91 Å². The quantitative estimate of drug-likeness (QED) is 0.710. The molecule has 3 saturated carbocycles. The van der Waals surface area contributed by atoms with Crippen molar-refractivity contribution in [1.29, 1.82) is 0 Å². The van der Waals surface area contributed by atoms with E-state index in [1.54, 1.807) is 0 Å². The minimum atomic E-state index is 0.114. The molecule has 0 spiro atoms. The van der Waals surface area contributed by atoms with Crippen LogP contribution in [0.3, 0.4) is 0 Å². The second-order valence-corrected chi connectivity index (χ2v) is 11.2. The third-order valence-electron chi connectivity index (χ3n) is 10.3. The predicted molar refractivity (Wildman–Crippen MR) is 120 cm³/mol. The molecule has 0 saturated heterocycles. The minimum Gasteiger partial charge on any atom is -0.396 e. The molecule has 0 aromatic rings. The Morgan fingerprint density at radius 2 is 1.77 bits per heavy atom. The summed E-state index contributed by atoms with van der Waals surface area (Å²) in [6.45, 7) is 12.9. The SMILES string of the molecule is CCN(CC)C(=O)[C@@H](C)[C@H]1CC[C@H]2[C@@H]3CCC4=C(N)C(=O)CC[C@]4(C)[C@H]3CC[C@]12C. The van der Waals surface area contributed by atoms with E-state index in [4.69, 9.17) is 5.73 Å². The summed E-state index contributed by atoms with van der Waals surface area (Å²) < 4.78 is 0. The molecule has 4 nitrogen and oxygen atoms in total. The first-order valence-corrected chi connectivity index (χ1v) is 12.5. The smallest absolute Gasteiger partial charge is 0.225 e. The van der Waals surface area contributed by atoms with E-state index in [9.17, 15) is 9.59 Å². The summed E-state index contributed by atoms with van der Waals surface area (Å²) in [6, 6.07) is 0. The van der Waals surface area contributed by atoms with Crippen molar-refractivity contribution in [2.45, 2.75) is 86.0 Å². The maximum absolute atomic E-state index is 13.2. The highest BCUT2D eigenvalue weighted by atomic mass is 16.2. The minimum absolute atomic E-state index is 0.114. The van der Waals surface area contributed by atoms with Crippen molar-refractivity contribution in [3.05, 3.63) is 11.3 Å². The van der Waals surface area contributed by atoms with Crippen LogP contribution in [0, 0.1) is 40.4 Å². The number of nitrogens with zero attached hydrogens (tertiary/aromatic N) is 1. The summed E-state index contributed by atoms with van der Waals surface area (Å²) in [4.78, 5) is 27.4. The Hall–Kier alpha value is -1.32. The van der Waals surface area contributed by atoms with E-state index in [2.05, 4.69) is 34.6 Å². The van der Waals surface area contributed by atoms with Crippen molar-refractivity contribution in [2.24, 2.45) is 46.2 Å². The number of hydrogen-bond donors (Lipinski definition) is 1. The molecule has 30 heavy (non-hydrogen) atoms. The van der Waals surface area contributed by atoms with Gasteiger partial charge in [-0.15, -0.1) is 0 Å². The number of allylic oxidation sites excluding steroid dienone is 1. The Morgan fingerprint density at radius 1 is 1.07 bits per heavy atom. The van der Waals surface area contributed by atoms with Crippen LogP contribution in [0.15, 0.2) is 11.3 Å². The van der Waals surface area contributed by atoms with Crippen LogP contribution in [0.4, 0.5) is 0 Å². The molecule has 0 bridgehead atoms. The zero-order chi connectivity index (χ0) is 21.8. The highest BCUT2D eigenvalue weighted by molar-refractivity contribution is 5.96. The number of ketones is 1. The van der Waals surface area contributed by atoms with E-state index in [-0.39, 0.29) is 22.5 Å². The van der Waals surface area contributed by atoms with Crippen molar-refractivity contribution in [3.8, 4) is 0 Å². The van der Waals surface area contributed by atoms with Gasteiger partial charge in [0.1, 0.15) is 0 Å². The Morgan fingerprint density at radius 3 is 2.43 bits per heavy atom. The highest BCUT2D eigenvalue weighted by Crippen LogP contribution is 2.67. The number of hydrogen-bond acceptors (Lipinski definition) is 3. The van der Waals surface area contributed by atoms with Crippen molar-refractivity contribution in [2.75, 3.05) is 13.1 Å². The fourth-order valence-corrected chi connectivity index (χ4v) is 8.61. The van der Waals surface area contributed by atoms with Crippen LogP contribution in [0.1, 0.15) is 86.0 Å². The summed E-state index contributed by atoms with van der Waals surface area (Å²) in [5.41, 5.74) is 8.58. The second-order valence-electron chi connectivity index (χ2n) is 11.2. The number of fused-ring (bicyclic) bond motifs is 5. The molecule has 1 amide bonds. The number of carbonyl (C=O) groups excluding carboxylic acids is 2. The van der Waals surface area contributed by atoms with Crippen molar-refractivity contribution < 1.29 is 9.59 Å². The average Bonchev–Trinajstić information content (AvgIpc) is 3.08. The maximum atomic E-state index is 13.2. The van der Waals surface area contributed by atoms with E-state index in [0.29, 0.717) is 35.8 Å². The third-order valence-corrected chi connectivity index (χ3v) is 10.3. The van der Waals surface area contributed by atoms with Gasteiger partial charge in [-0.2, -0.15) is 0 Å². The van der Waals surface area contributed by atoms with Crippen LogP contribution in [0.5, 0.6) is 0 Å². The zero-order valence-corrected chi connectivity index (χ0v) is 19.8. The first-order chi connectivity index (χ1) is 14.2. The van der Waals surface area contributed by atoms with E-state index < -0.39 is 0 Å². The monoisotopic (exact) mass is 414 g/mol. The normalized spacial score (nSPS) is 41.7. The molecule has 0 aromatic heterocycles. The predicted octanol–water partition coefficient (Wildman–Crippen LogP) is 4.93. The number of carbonyl (C=O) groups is 2. The first-order valence-electron chi connectivity index (χ1n) is 12.5. The molecule has 3 fully saturated rings. The lowest BCUT2D eigenvalue weighted by molar-refractivity contribution is -0.139. The van der Waals surface area contributed by atoms with E-state index in [1.807, 2.05) is 4.90 Å². The van der Waals surface area contributed by atoms with Crippen LogP contribution in [-0.4, -0.2) is 29.7 Å². The molecule has 168 valence electrons. The van der Waals surface area contributed by atoms with Gasteiger partial charge >= 0.3 is 0 Å².